The van der Waals surface area contributed by atoms with E-state index in [0.29, 0.717) is 26.8 Å². The zero-order valence-corrected chi connectivity index (χ0v) is 17.0. The van der Waals surface area contributed by atoms with E-state index in [0.717, 1.165) is 0 Å². The van der Waals surface area contributed by atoms with E-state index in [1.54, 1.807) is 30.3 Å². The summed E-state index contributed by atoms with van der Waals surface area (Å²) in [4.78, 5) is 12.6. The van der Waals surface area contributed by atoms with Crippen LogP contribution in [0.5, 0.6) is 0 Å². The molecular weight excluding hydrogens is 437 g/mol. The molecule has 3 aromatic rings. The molecule has 11 heteroatoms. The number of halogens is 2. The number of pyridine rings is 1. The van der Waals surface area contributed by atoms with Crippen LogP contribution in [0.1, 0.15) is 17.2 Å². The first kappa shape index (κ1) is 21.3. The number of hydrogen-bond donors (Lipinski definition) is 4. The molecule has 0 radical (unpaired) electrons. The topological polar surface area (TPSA) is 129 Å². The smallest absolute Gasteiger partial charge is 0.350 e. The normalized spacial score (nSPS) is 26.9. The minimum absolute atomic E-state index is 0.0439. The molecular formula is C19H19Cl2N3O6. The Bertz CT molecular complexity index is 1130. The lowest BCUT2D eigenvalue weighted by molar-refractivity contribution is -0.231. The van der Waals surface area contributed by atoms with Crippen LogP contribution in [0, 0.1) is 0 Å². The Morgan fingerprint density at radius 3 is 2.57 bits per heavy atom. The molecule has 2 aromatic heterocycles. The summed E-state index contributed by atoms with van der Waals surface area (Å²) in [6, 6.07) is 7.94. The van der Waals surface area contributed by atoms with Gasteiger partial charge in [-0.25, -0.2) is 9.48 Å². The molecule has 4 N–H and O–H groups in total. The number of nitrogens with zero attached hydrogens (tertiary/aromatic N) is 3. The second-order valence-electron chi connectivity index (χ2n) is 7.11. The number of fused-ring (bicyclic) bond motifs is 1. The van der Waals surface area contributed by atoms with Gasteiger partial charge in [-0.3, -0.25) is 4.40 Å². The summed E-state index contributed by atoms with van der Waals surface area (Å²) < 4.78 is 8.17. The molecule has 30 heavy (non-hydrogen) atoms. The van der Waals surface area contributed by atoms with Crippen LogP contribution in [0.2, 0.25) is 10.0 Å². The van der Waals surface area contributed by atoms with Gasteiger partial charge in [-0.05, 0) is 29.3 Å². The van der Waals surface area contributed by atoms with E-state index in [1.165, 1.54) is 15.3 Å². The summed E-state index contributed by atoms with van der Waals surface area (Å²) in [6.45, 7) is -0.483. The first-order valence-corrected chi connectivity index (χ1v) is 9.89. The standard InChI is InChI=1S/C19H19Cl2N3O6/c20-11-3-4-23-14(6-11)22-24(19(23)29)7-10-5-9(1-2-12(10)21)18-17(28)16(27)15(26)13(8-25)30-18/h1-6,13,15-18,25-28H,7-8H2/t13-,15-,16+,17-,18+/m1/s1. The van der Waals surface area contributed by atoms with E-state index in [9.17, 15) is 25.2 Å². The van der Waals surface area contributed by atoms with Crippen LogP contribution in [0.25, 0.3) is 5.65 Å². The minimum Gasteiger partial charge on any atom is -0.394 e. The summed E-state index contributed by atoms with van der Waals surface area (Å²) in [5.41, 5.74) is 0.999. The van der Waals surface area contributed by atoms with E-state index < -0.39 is 37.1 Å². The fourth-order valence-corrected chi connectivity index (χ4v) is 3.86. The second-order valence-corrected chi connectivity index (χ2v) is 7.96. The van der Waals surface area contributed by atoms with E-state index >= 15 is 0 Å². The summed E-state index contributed by atoms with van der Waals surface area (Å²) >= 11 is 12.3. The first-order valence-electron chi connectivity index (χ1n) is 9.13. The Hall–Kier alpha value is -1.98. The molecule has 1 saturated heterocycles. The molecule has 1 aliphatic heterocycles. The summed E-state index contributed by atoms with van der Waals surface area (Å²) in [5, 5.41) is 44.8. The van der Waals surface area contributed by atoms with Gasteiger partial charge in [0.25, 0.3) is 0 Å². The molecule has 0 saturated carbocycles. The van der Waals surface area contributed by atoms with Gasteiger partial charge in [0.15, 0.2) is 5.65 Å². The van der Waals surface area contributed by atoms with Gasteiger partial charge in [0.2, 0.25) is 0 Å². The fourth-order valence-electron chi connectivity index (χ4n) is 3.53. The van der Waals surface area contributed by atoms with Gasteiger partial charge in [-0.1, -0.05) is 29.3 Å². The maximum absolute atomic E-state index is 12.6. The average Bonchev–Trinajstić information content (AvgIpc) is 3.03. The highest BCUT2D eigenvalue weighted by Gasteiger charge is 2.44. The summed E-state index contributed by atoms with van der Waals surface area (Å²) in [5.74, 6) is 0. The van der Waals surface area contributed by atoms with Crippen molar-refractivity contribution in [2.75, 3.05) is 6.61 Å². The predicted molar refractivity (Wildman–Crippen MR) is 108 cm³/mol. The van der Waals surface area contributed by atoms with Gasteiger partial charge in [0.05, 0.1) is 13.2 Å². The molecule has 5 atom stereocenters. The maximum Gasteiger partial charge on any atom is 0.350 e. The largest absolute Gasteiger partial charge is 0.394 e. The lowest BCUT2D eigenvalue weighted by Gasteiger charge is -2.40. The van der Waals surface area contributed by atoms with Gasteiger partial charge < -0.3 is 25.2 Å². The van der Waals surface area contributed by atoms with Gasteiger partial charge in [-0.2, -0.15) is 0 Å². The molecule has 0 spiro atoms. The third kappa shape index (κ3) is 3.74. The van der Waals surface area contributed by atoms with E-state index in [-0.39, 0.29) is 12.2 Å². The Labute approximate surface area is 180 Å². The van der Waals surface area contributed by atoms with Crippen molar-refractivity contribution in [1.82, 2.24) is 14.2 Å². The fraction of sp³-hybridized carbons (Fsp3) is 0.368. The number of hydrogen-bond acceptors (Lipinski definition) is 7. The Morgan fingerprint density at radius 1 is 1.07 bits per heavy atom. The van der Waals surface area contributed by atoms with Crippen molar-refractivity contribution in [2.45, 2.75) is 37.1 Å². The lowest BCUT2D eigenvalue weighted by Crippen LogP contribution is -2.55. The Balaban J connectivity index is 1.67. The van der Waals surface area contributed by atoms with Crippen LogP contribution < -0.4 is 5.69 Å². The zero-order valence-electron chi connectivity index (χ0n) is 15.5. The van der Waals surface area contributed by atoms with Crippen molar-refractivity contribution in [3.8, 4) is 0 Å². The maximum atomic E-state index is 12.6. The van der Waals surface area contributed by atoms with Crippen molar-refractivity contribution in [2.24, 2.45) is 0 Å². The molecule has 1 aromatic carbocycles. The van der Waals surface area contributed by atoms with Gasteiger partial charge >= 0.3 is 5.69 Å². The molecule has 9 nitrogen and oxygen atoms in total. The molecule has 3 heterocycles. The molecule has 1 aliphatic rings. The summed E-state index contributed by atoms with van der Waals surface area (Å²) in [6.07, 6.45) is -4.87. The molecule has 4 rings (SSSR count). The number of benzene rings is 1. The molecule has 1 fully saturated rings. The molecule has 0 unspecified atom stereocenters. The van der Waals surface area contributed by atoms with Crippen molar-refractivity contribution in [3.05, 3.63) is 68.2 Å². The van der Waals surface area contributed by atoms with Crippen LogP contribution in [0.15, 0.2) is 41.3 Å². The predicted octanol–water partition coefficient (Wildman–Crippen LogP) is 0.366. The molecule has 160 valence electrons. The van der Waals surface area contributed by atoms with Crippen molar-refractivity contribution >= 4 is 28.8 Å². The van der Waals surface area contributed by atoms with Crippen LogP contribution >= 0.6 is 23.2 Å². The second kappa shape index (κ2) is 8.27. The van der Waals surface area contributed by atoms with Gasteiger partial charge in [-0.15, -0.1) is 5.10 Å². The SMILES string of the molecule is O=c1n(Cc2cc([C@@H]3O[C@H](CO)[C@@H](O)[C@H](O)[C@H]3O)ccc2Cl)nc2cc(Cl)ccn12. The zero-order chi connectivity index (χ0) is 21.6. The number of aliphatic hydroxyl groups is 4. The molecule has 0 amide bonds. The average molecular weight is 456 g/mol. The van der Waals surface area contributed by atoms with Crippen LogP contribution in [-0.2, 0) is 11.3 Å². The summed E-state index contributed by atoms with van der Waals surface area (Å²) in [7, 11) is 0. The van der Waals surface area contributed by atoms with Crippen molar-refractivity contribution < 1.29 is 25.2 Å². The Kier molecular flexibility index (Phi) is 5.86. The Morgan fingerprint density at radius 2 is 1.83 bits per heavy atom. The lowest BCUT2D eigenvalue weighted by atomic mass is 9.90. The molecule has 0 bridgehead atoms. The van der Waals surface area contributed by atoms with Crippen LogP contribution in [0.4, 0.5) is 0 Å². The number of aliphatic hydroxyl groups excluding tert-OH is 4. The monoisotopic (exact) mass is 455 g/mol. The quantitative estimate of drug-likeness (QED) is 0.446. The highest BCUT2D eigenvalue weighted by molar-refractivity contribution is 6.31. The van der Waals surface area contributed by atoms with Crippen molar-refractivity contribution in [3.63, 3.8) is 0 Å². The van der Waals surface area contributed by atoms with E-state index in [4.69, 9.17) is 27.9 Å². The third-order valence-corrected chi connectivity index (χ3v) is 5.76. The number of aromatic nitrogens is 3. The van der Waals surface area contributed by atoms with Crippen LogP contribution in [0.3, 0.4) is 0 Å². The molecule has 0 aliphatic carbocycles. The van der Waals surface area contributed by atoms with Crippen LogP contribution in [-0.4, -0.2) is 65.6 Å². The number of rotatable bonds is 4. The highest BCUT2D eigenvalue weighted by Crippen LogP contribution is 2.34. The first-order chi connectivity index (χ1) is 14.3. The number of ether oxygens (including phenoxy) is 1. The van der Waals surface area contributed by atoms with Gasteiger partial charge in [0, 0.05) is 22.3 Å². The van der Waals surface area contributed by atoms with E-state index in [1.807, 2.05) is 0 Å². The third-order valence-electron chi connectivity index (χ3n) is 5.16. The van der Waals surface area contributed by atoms with Crippen molar-refractivity contribution in [1.29, 1.82) is 0 Å². The minimum atomic E-state index is -1.49. The van der Waals surface area contributed by atoms with Gasteiger partial charge in [0.1, 0.15) is 30.5 Å². The van der Waals surface area contributed by atoms with E-state index in [2.05, 4.69) is 5.10 Å². The highest BCUT2D eigenvalue weighted by atomic mass is 35.5.